The van der Waals surface area contributed by atoms with Gasteiger partial charge in [0.1, 0.15) is 6.33 Å². The van der Waals surface area contributed by atoms with Gasteiger partial charge in [0, 0.05) is 37.2 Å². The van der Waals surface area contributed by atoms with Crippen LogP contribution >= 0.6 is 0 Å². The average Bonchev–Trinajstić information content (AvgIpc) is 2.75. The largest absolute Gasteiger partial charge is 0.310 e. The van der Waals surface area contributed by atoms with E-state index in [0.717, 1.165) is 18.5 Å². The van der Waals surface area contributed by atoms with Gasteiger partial charge in [-0.1, -0.05) is 6.92 Å². The van der Waals surface area contributed by atoms with Crippen LogP contribution in [0.25, 0.3) is 0 Å². The Hall–Kier alpha value is -1.75. The quantitative estimate of drug-likeness (QED) is 0.837. The van der Waals surface area contributed by atoms with Crippen molar-refractivity contribution in [2.75, 3.05) is 6.54 Å². The van der Waals surface area contributed by atoms with Crippen molar-refractivity contribution >= 4 is 0 Å². The van der Waals surface area contributed by atoms with Crippen molar-refractivity contribution in [3.8, 4) is 0 Å². The summed E-state index contributed by atoms with van der Waals surface area (Å²) >= 11 is 0. The molecule has 1 N–H and O–H groups in total. The summed E-state index contributed by atoms with van der Waals surface area (Å²) in [5.74, 6) is 0. The van der Waals surface area contributed by atoms with Crippen molar-refractivity contribution in [3.63, 3.8) is 0 Å². The van der Waals surface area contributed by atoms with Crippen LogP contribution in [0.2, 0.25) is 0 Å². The van der Waals surface area contributed by atoms with Crippen LogP contribution in [0.4, 0.5) is 0 Å². The molecule has 0 spiro atoms. The third-order valence-corrected chi connectivity index (χ3v) is 2.63. The molecule has 0 aliphatic rings. The van der Waals surface area contributed by atoms with Crippen molar-refractivity contribution in [2.45, 2.75) is 19.4 Å². The van der Waals surface area contributed by atoms with Gasteiger partial charge < -0.3 is 5.32 Å². The number of rotatable bonds is 5. The number of aromatic nitrogens is 4. The molecule has 1 unspecified atom stereocenters. The second-order valence-electron chi connectivity index (χ2n) is 4.01. The summed E-state index contributed by atoms with van der Waals surface area (Å²) in [5.41, 5.74) is 2.32. The molecule has 0 saturated heterocycles. The summed E-state index contributed by atoms with van der Waals surface area (Å²) in [6.07, 6.45) is 10.1. The Morgan fingerprint density at radius 3 is 2.65 bits per heavy atom. The molecular formula is C12H17N5. The van der Waals surface area contributed by atoms with Crippen molar-refractivity contribution in [1.29, 1.82) is 0 Å². The lowest BCUT2D eigenvalue weighted by atomic mass is 10.0. The van der Waals surface area contributed by atoms with Gasteiger partial charge >= 0.3 is 0 Å². The smallest absolute Gasteiger partial charge is 0.115 e. The Morgan fingerprint density at radius 1 is 1.29 bits per heavy atom. The maximum atomic E-state index is 4.18. The lowest BCUT2D eigenvalue weighted by Crippen LogP contribution is -2.23. The van der Waals surface area contributed by atoms with Crippen molar-refractivity contribution < 1.29 is 0 Å². The molecule has 0 aromatic carbocycles. The monoisotopic (exact) mass is 231 g/mol. The molecule has 0 fully saturated rings. The molecule has 90 valence electrons. The minimum Gasteiger partial charge on any atom is -0.310 e. The molecular weight excluding hydrogens is 214 g/mol. The van der Waals surface area contributed by atoms with E-state index in [0.29, 0.717) is 0 Å². The molecule has 0 aliphatic heterocycles. The van der Waals surface area contributed by atoms with Crippen LogP contribution in [0.15, 0.2) is 31.1 Å². The molecule has 17 heavy (non-hydrogen) atoms. The number of hydrogen-bond donors (Lipinski definition) is 1. The highest BCUT2D eigenvalue weighted by Crippen LogP contribution is 2.16. The molecule has 0 amide bonds. The zero-order chi connectivity index (χ0) is 12.1. The minimum atomic E-state index is 0.241. The number of aryl methyl sites for hydroxylation is 1. The normalized spacial score (nSPS) is 12.6. The van der Waals surface area contributed by atoms with Crippen LogP contribution in [0, 0.1) is 0 Å². The van der Waals surface area contributed by atoms with Gasteiger partial charge in [0.2, 0.25) is 0 Å². The topological polar surface area (TPSA) is 55.6 Å². The Labute approximate surface area is 101 Å². The van der Waals surface area contributed by atoms with Crippen LogP contribution in [-0.4, -0.2) is 26.3 Å². The van der Waals surface area contributed by atoms with E-state index in [2.05, 4.69) is 27.3 Å². The number of nitrogens with one attached hydrogen (secondary N) is 1. The van der Waals surface area contributed by atoms with E-state index in [1.54, 1.807) is 6.33 Å². The van der Waals surface area contributed by atoms with Gasteiger partial charge in [-0.3, -0.25) is 4.68 Å². The van der Waals surface area contributed by atoms with Crippen molar-refractivity contribution in [3.05, 3.63) is 42.2 Å². The molecule has 2 aromatic rings. The van der Waals surface area contributed by atoms with Gasteiger partial charge in [-0.05, 0) is 18.5 Å². The zero-order valence-corrected chi connectivity index (χ0v) is 10.2. The highest BCUT2D eigenvalue weighted by molar-refractivity contribution is 5.15. The van der Waals surface area contributed by atoms with Gasteiger partial charge in [-0.25, -0.2) is 9.97 Å². The van der Waals surface area contributed by atoms with Crippen molar-refractivity contribution in [1.82, 2.24) is 25.1 Å². The summed E-state index contributed by atoms with van der Waals surface area (Å²) in [6, 6.07) is 0.241. The second-order valence-corrected chi connectivity index (χ2v) is 4.01. The fourth-order valence-electron chi connectivity index (χ4n) is 1.86. The summed E-state index contributed by atoms with van der Waals surface area (Å²) < 4.78 is 1.82. The lowest BCUT2D eigenvalue weighted by Gasteiger charge is -2.16. The Kier molecular flexibility index (Phi) is 3.82. The molecule has 2 rings (SSSR count). The summed E-state index contributed by atoms with van der Waals surface area (Å²) in [5, 5.41) is 7.62. The van der Waals surface area contributed by atoms with Crippen LogP contribution in [-0.2, 0) is 13.5 Å². The molecule has 2 heterocycles. The summed E-state index contributed by atoms with van der Waals surface area (Å²) in [4.78, 5) is 8.13. The average molecular weight is 231 g/mol. The first kappa shape index (κ1) is 11.7. The van der Waals surface area contributed by atoms with Gasteiger partial charge in [0.25, 0.3) is 0 Å². The third kappa shape index (κ3) is 3.10. The summed E-state index contributed by atoms with van der Waals surface area (Å²) in [6.45, 7) is 3.01. The second kappa shape index (κ2) is 5.54. The van der Waals surface area contributed by atoms with Crippen LogP contribution < -0.4 is 5.32 Å². The van der Waals surface area contributed by atoms with E-state index in [1.165, 1.54) is 5.56 Å². The Morgan fingerprint density at radius 2 is 2.06 bits per heavy atom. The maximum Gasteiger partial charge on any atom is 0.115 e. The highest BCUT2D eigenvalue weighted by Gasteiger charge is 2.12. The fraction of sp³-hybridized carbons (Fsp3) is 0.417. The molecule has 0 bridgehead atoms. The molecule has 0 aliphatic carbocycles. The third-order valence-electron chi connectivity index (χ3n) is 2.63. The molecule has 2 aromatic heterocycles. The predicted molar refractivity (Wildman–Crippen MR) is 65.4 cm³/mol. The molecule has 0 radical (unpaired) electrons. The maximum absolute atomic E-state index is 4.18. The molecule has 0 saturated carbocycles. The summed E-state index contributed by atoms with van der Waals surface area (Å²) in [7, 11) is 1.93. The van der Waals surface area contributed by atoms with Gasteiger partial charge in [0.15, 0.2) is 0 Å². The first-order valence-corrected chi connectivity index (χ1v) is 5.75. The van der Waals surface area contributed by atoms with Gasteiger partial charge in [0.05, 0.1) is 6.20 Å². The Balaban J connectivity index is 2.13. The standard InChI is InChI=1S/C12H17N5/c1-3-15-12(11-6-13-9-14-7-11)4-10-5-16-17(2)8-10/h5-9,12,15H,3-4H2,1-2H3. The SMILES string of the molecule is CCNC(Cc1cnn(C)c1)c1cncnc1. The van der Waals surface area contributed by atoms with E-state index >= 15 is 0 Å². The highest BCUT2D eigenvalue weighted by atomic mass is 15.2. The molecule has 1 atom stereocenters. The first-order chi connectivity index (χ1) is 8.29. The van der Waals surface area contributed by atoms with Crippen molar-refractivity contribution in [2.24, 2.45) is 7.05 Å². The number of likely N-dealkylation sites (N-methyl/N-ethyl adjacent to an activating group) is 1. The number of hydrogen-bond acceptors (Lipinski definition) is 4. The number of nitrogens with zero attached hydrogens (tertiary/aromatic N) is 4. The van der Waals surface area contributed by atoms with E-state index in [-0.39, 0.29) is 6.04 Å². The van der Waals surface area contributed by atoms with Crippen LogP contribution in [0.3, 0.4) is 0 Å². The van der Waals surface area contributed by atoms with Gasteiger partial charge in [-0.2, -0.15) is 5.10 Å². The predicted octanol–water partition coefficient (Wildman–Crippen LogP) is 1.10. The van der Waals surface area contributed by atoms with E-state index < -0.39 is 0 Å². The zero-order valence-electron chi connectivity index (χ0n) is 10.2. The first-order valence-electron chi connectivity index (χ1n) is 5.75. The van der Waals surface area contributed by atoms with E-state index in [4.69, 9.17) is 0 Å². The van der Waals surface area contributed by atoms with Gasteiger partial charge in [-0.15, -0.1) is 0 Å². The van der Waals surface area contributed by atoms with E-state index in [1.807, 2.05) is 36.5 Å². The molecule has 5 nitrogen and oxygen atoms in total. The lowest BCUT2D eigenvalue weighted by molar-refractivity contribution is 0.546. The van der Waals surface area contributed by atoms with Crippen LogP contribution in [0.5, 0.6) is 0 Å². The van der Waals surface area contributed by atoms with Crippen LogP contribution in [0.1, 0.15) is 24.1 Å². The minimum absolute atomic E-state index is 0.241. The Bertz CT molecular complexity index is 451. The molecule has 5 heteroatoms. The fourth-order valence-corrected chi connectivity index (χ4v) is 1.86. The van der Waals surface area contributed by atoms with E-state index in [9.17, 15) is 0 Å².